The quantitative estimate of drug-likeness (QED) is 0.818. The molecule has 1 aromatic heterocycles. The number of thiophene rings is 1. The maximum Gasteiger partial charge on any atom is 0.253 e. The highest BCUT2D eigenvalue weighted by Crippen LogP contribution is 2.15. The first-order valence-electron chi connectivity index (χ1n) is 6.94. The number of carbonyl (C=O) groups excluding carboxylic acids is 1. The van der Waals surface area contributed by atoms with Crippen molar-refractivity contribution < 1.29 is 4.79 Å². The van der Waals surface area contributed by atoms with Crippen molar-refractivity contribution in [1.82, 2.24) is 5.32 Å². The highest BCUT2D eigenvalue weighted by Gasteiger charge is 2.09. The molecule has 0 aliphatic carbocycles. The van der Waals surface area contributed by atoms with Gasteiger partial charge in [-0.25, -0.2) is 0 Å². The lowest BCUT2D eigenvalue weighted by atomic mass is 10.1. The van der Waals surface area contributed by atoms with Crippen LogP contribution in [0.1, 0.15) is 28.6 Å². The first-order valence-corrected chi connectivity index (χ1v) is 7.82. The lowest BCUT2D eigenvalue weighted by Gasteiger charge is -2.11. The fourth-order valence-corrected chi connectivity index (χ4v) is 2.65. The summed E-state index contributed by atoms with van der Waals surface area (Å²) < 4.78 is 0. The smallest absolute Gasteiger partial charge is 0.253 e. The average molecular weight is 288 g/mol. The van der Waals surface area contributed by atoms with Gasteiger partial charge in [0.25, 0.3) is 5.91 Å². The minimum Gasteiger partial charge on any atom is -0.384 e. The van der Waals surface area contributed by atoms with E-state index in [1.165, 1.54) is 4.88 Å². The van der Waals surface area contributed by atoms with E-state index in [4.69, 9.17) is 0 Å². The van der Waals surface area contributed by atoms with E-state index in [0.717, 1.165) is 25.1 Å². The summed E-state index contributed by atoms with van der Waals surface area (Å²) in [6, 6.07) is 11.8. The van der Waals surface area contributed by atoms with Gasteiger partial charge in [0.2, 0.25) is 0 Å². The van der Waals surface area contributed by atoms with Crippen LogP contribution in [0.5, 0.6) is 0 Å². The number of carbonyl (C=O) groups is 1. The Bertz CT molecular complexity index is 537. The summed E-state index contributed by atoms with van der Waals surface area (Å²) in [5, 5.41) is 8.33. The minimum absolute atomic E-state index is 0.0132. The molecule has 0 spiro atoms. The van der Waals surface area contributed by atoms with Gasteiger partial charge in [-0.2, -0.15) is 0 Å². The van der Waals surface area contributed by atoms with Gasteiger partial charge in [0.15, 0.2) is 0 Å². The van der Waals surface area contributed by atoms with Crippen LogP contribution in [0.3, 0.4) is 0 Å². The Morgan fingerprint density at radius 3 is 2.75 bits per heavy atom. The second kappa shape index (κ2) is 7.70. The zero-order valence-corrected chi connectivity index (χ0v) is 12.5. The summed E-state index contributed by atoms with van der Waals surface area (Å²) in [7, 11) is 0. The van der Waals surface area contributed by atoms with Gasteiger partial charge in [0.1, 0.15) is 0 Å². The van der Waals surface area contributed by atoms with Crippen molar-refractivity contribution >= 4 is 22.9 Å². The Kier molecular flexibility index (Phi) is 5.62. The van der Waals surface area contributed by atoms with Crippen LogP contribution in [0.2, 0.25) is 0 Å². The maximum atomic E-state index is 12.2. The van der Waals surface area contributed by atoms with E-state index in [0.29, 0.717) is 12.1 Å². The van der Waals surface area contributed by atoms with Crippen LogP contribution in [-0.2, 0) is 6.42 Å². The number of anilines is 1. The Labute approximate surface area is 124 Å². The molecule has 1 amide bonds. The molecule has 0 fully saturated rings. The topological polar surface area (TPSA) is 41.1 Å². The molecule has 2 N–H and O–H groups in total. The van der Waals surface area contributed by atoms with E-state index < -0.39 is 0 Å². The molecule has 106 valence electrons. The van der Waals surface area contributed by atoms with Gasteiger partial charge in [-0.3, -0.25) is 4.79 Å². The van der Waals surface area contributed by atoms with Crippen LogP contribution in [0, 0.1) is 0 Å². The molecule has 3 nitrogen and oxygen atoms in total. The van der Waals surface area contributed by atoms with Gasteiger partial charge in [-0.1, -0.05) is 25.1 Å². The second-order valence-electron chi connectivity index (χ2n) is 4.56. The van der Waals surface area contributed by atoms with Gasteiger partial charge in [-0.15, -0.1) is 11.3 Å². The van der Waals surface area contributed by atoms with Crippen molar-refractivity contribution in [3.8, 4) is 0 Å². The van der Waals surface area contributed by atoms with E-state index in [2.05, 4.69) is 29.0 Å². The molecule has 0 unspecified atom stereocenters. The summed E-state index contributed by atoms with van der Waals surface area (Å²) in [5.74, 6) is -0.0132. The highest BCUT2D eigenvalue weighted by molar-refractivity contribution is 7.09. The number of benzene rings is 1. The standard InChI is InChI=1S/C16H20N2OS/c1-2-10-17-15-8-4-3-7-14(15)16(19)18-11-9-13-6-5-12-20-13/h3-8,12,17H,2,9-11H2,1H3,(H,18,19). The van der Waals surface area contributed by atoms with Gasteiger partial charge in [-0.05, 0) is 36.4 Å². The van der Waals surface area contributed by atoms with Crippen molar-refractivity contribution in [2.45, 2.75) is 19.8 Å². The van der Waals surface area contributed by atoms with Crippen molar-refractivity contribution in [2.75, 3.05) is 18.4 Å². The first kappa shape index (κ1) is 14.6. The van der Waals surface area contributed by atoms with E-state index in [-0.39, 0.29) is 5.91 Å². The van der Waals surface area contributed by atoms with E-state index >= 15 is 0 Å². The molecule has 2 rings (SSSR count). The van der Waals surface area contributed by atoms with Crippen molar-refractivity contribution in [3.05, 3.63) is 52.2 Å². The van der Waals surface area contributed by atoms with Crippen LogP contribution < -0.4 is 10.6 Å². The fraction of sp³-hybridized carbons (Fsp3) is 0.312. The average Bonchev–Trinajstić information content (AvgIpc) is 2.98. The summed E-state index contributed by atoms with van der Waals surface area (Å²) in [6.45, 7) is 3.65. The lowest BCUT2D eigenvalue weighted by molar-refractivity contribution is 0.0955. The van der Waals surface area contributed by atoms with Crippen molar-refractivity contribution in [3.63, 3.8) is 0 Å². The molecule has 1 heterocycles. The van der Waals surface area contributed by atoms with Crippen molar-refractivity contribution in [2.24, 2.45) is 0 Å². The first-order chi connectivity index (χ1) is 9.81. The molecule has 0 saturated heterocycles. The summed E-state index contributed by atoms with van der Waals surface area (Å²) in [4.78, 5) is 13.5. The third kappa shape index (κ3) is 4.10. The Morgan fingerprint density at radius 1 is 1.15 bits per heavy atom. The third-order valence-electron chi connectivity index (χ3n) is 2.97. The molecule has 0 aliphatic heterocycles. The summed E-state index contributed by atoms with van der Waals surface area (Å²) >= 11 is 1.72. The highest BCUT2D eigenvalue weighted by atomic mass is 32.1. The molecular formula is C16H20N2OS. The molecule has 4 heteroatoms. The van der Waals surface area contributed by atoms with E-state index in [1.54, 1.807) is 11.3 Å². The molecule has 0 atom stereocenters. The molecule has 2 aromatic rings. The van der Waals surface area contributed by atoms with Gasteiger partial charge in [0, 0.05) is 23.7 Å². The van der Waals surface area contributed by atoms with Crippen LogP contribution in [0.25, 0.3) is 0 Å². The molecule has 0 aliphatic rings. The normalized spacial score (nSPS) is 10.2. The zero-order chi connectivity index (χ0) is 14.2. The van der Waals surface area contributed by atoms with Crippen LogP contribution >= 0.6 is 11.3 Å². The predicted molar refractivity (Wildman–Crippen MR) is 85.6 cm³/mol. The predicted octanol–water partition coefficient (Wildman–Crippen LogP) is 3.54. The SMILES string of the molecule is CCCNc1ccccc1C(=O)NCCc1cccs1. The van der Waals surface area contributed by atoms with Crippen LogP contribution in [0.15, 0.2) is 41.8 Å². The second-order valence-corrected chi connectivity index (χ2v) is 5.59. The molecule has 20 heavy (non-hydrogen) atoms. The lowest BCUT2D eigenvalue weighted by Crippen LogP contribution is -2.26. The monoisotopic (exact) mass is 288 g/mol. The maximum absolute atomic E-state index is 12.2. The molecule has 0 bridgehead atoms. The zero-order valence-electron chi connectivity index (χ0n) is 11.7. The van der Waals surface area contributed by atoms with Gasteiger partial charge in [0.05, 0.1) is 5.56 Å². The largest absolute Gasteiger partial charge is 0.384 e. The Balaban J connectivity index is 1.91. The fourth-order valence-electron chi connectivity index (χ4n) is 1.94. The van der Waals surface area contributed by atoms with E-state index in [9.17, 15) is 4.79 Å². The van der Waals surface area contributed by atoms with Crippen LogP contribution in [0.4, 0.5) is 5.69 Å². The number of rotatable bonds is 7. The van der Waals surface area contributed by atoms with E-state index in [1.807, 2.05) is 30.3 Å². The minimum atomic E-state index is -0.0132. The summed E-state index contributed by atoms with van der Waals surface area (Å²) in [5.41, 5.74) is 1.62. The summed E-state index contributed by atoms with van der Waals surface area (Å²) in [6.07, 6.45) is 1.92. The Hall–Kier alpha value is -1.81. The molecule has 1 aromatic carbocycles. The van der Waals surface area contributed by atoms with Gasteiger partial charge >= 0.3 is 0 Å². The van der Waals surface area contributed by atoms with Gasteiger partial charge < -0.3 is 10.6 Å². The van der Waals surface area contributed by atoms with Crippen LogP contribution in [-0.4, -0.2) is 19.0 Å². The Morgan fingerprint density at radius 2 is 2.00 bits per heavy atom. The number of nitrogens with one attached hydrogen (secondary N) is 2. The molecule has 0 saturated carbocycles. The number of hydrogen-bond acceptors (Lipinski definition) is 3. The number of amides is 1. The molecular weight excluding hydrogens is 268 g/mol. The number of hydrogen-bond donors (Lipinski definition) is 2. The molecule has 0 radical (unpaired) electrons. The van der Waals surface area contributed by atoms with Crippen molar-refractivity contribution in [1.29, 1.82) is 0 Å². The number of para-hydroxylation sites is 1. The third-order valence-corrected chi connectivity index (χ3v) is 3.91.